The maximum atomic E-state index is 5.80. The van der Waals surface area contributed by atoms with E-state index in [2.05, 4.69) is 55.2 Å². The first-order valence-corrected chi connectivity index (χ1v) is 10.8. The van der Waals surface area contributed by atoms with E-state index in [1.807, 2.05) is 36.8 Å². The molecular weight excluding hydrogens is 378 g/mol. The highest BCUT2D eigenvalue weighted by Gasteiger charge is 2.41. The minimum absolute atomic E-state index is 0.0235. The molecule has 1 saturated carbocycles. The Bertz CT molecular complexity index is 965. The topological polar surface area (TPSA) is 46.0 Å². The summed E-state index contributed by atoms with van der Waals surface area (Å²) in [5.74, 6) is 0. The Morgan fingerprint density at radius 1 is 1.03 bits per heavy atom. The van der Waals surface area contributed by atoms with Crippen molar-refractivity contribution in [2.45, 2.75) is 50.4 Å². The van der Waals surface area contributed by atoms with Gasteiger partial charge in [0.25, 0.3) is 0 Å². The van der Waals surface area contributed by atoms with E-state index in [1.165, 1.54) is 31.4 Å². The molecule has 2 unspecified atom stereocenters. The summed E-state index contributed by atoms with van der Waals surface area (Å²) in [6, 6.07) is 15.3. The molecule has 1 aliphatic heterocycles. The highest BCUT2D eigenvalue weighted by atomic mass is 32.1. The maximum Gasteiger partial charge on any atom is 0.170 e. The fourth-order valence-electron chi connectivity index (χ4n) is 4.76. The van der Waals surface area contributed by atoms with Crippen molar-refractivity contribution < 1.29 is 0 Å². The summed E-state index contributed by atoms with van der Waals surface area (Å²) in [5, 5.41) is 4.33. The number of hydrogen-bond donors (Lipinski definition) is 1. The van der Waals surface area contributed by atoms with Gasteiger partial charge >= 0.3 is 0 Å². The van der Waals surface area contributed by atoms with E-state index in [1.54, 1.807) is 0 Å². The number of pyridine rings is 2. The zero-order chi connectivity index (χ0) is 19.6. The fourth-order valence-corrected chi connectivity index (χ4v) is 5.06. The number of nitrogens with one attached hydrogen (secondary N) is 1. The lowest BCUT2D eigenvalue weighted by atomic mass is 10.0. The Balaban J connectivity index is 1.56. The Morgan fingerprint density at radius 2 is 1.93 bits per heavy atom. The SMILES string of the molecule is S=C1NC(c2ccccn2)C(c2cccn2C2CCCC2)N1Cc1cccnc1. The van der Waals surface area contributed by atoms with Gasteiger partial charge in [0.05, 0.1) is 17.8 Å². The molecule has 0 radical (unpaired) electrons. The molecule has 5 nitrogen and oxygen atoms in total. The summed E-state index contributed by atoms with van der Waals surface area (Å²) in [6.07, 6.45) is 13.0. The molecule has 3 aromatic heterocycles. The second-order valence-corrected chi connectivity index (χ2v) is 8.28. The van der Waals surface area contributed by atoms with E-state index in [9.17, 15) is 0 Å². The minimum Gasteiger partial charge on any atom is -0.352 e. The van der Waals surface area contributed by atoms with E-state index in [-0.39, 0.29) is 12.1 Å². The van der Waals surface area contributed by atoms with Crippen molar-refractivity contribution >= 4 is 17.3 Å². The molecule has 0 bridgehead atoms. The highest BCUT2D eigenvalue weighted by molar-refractivity contribution is 7.80. The number of rotatable bonds is 5. The summed E-state index contributed by atoms with van der Waals surface area (Å²) in [4.78, 5) is 11.2. The van der Waals surface area contributed by atoms with Crippen molar-refractivity contribution in [3.8, 4) is 0 Å². The molecule has 0 aromatic carbocycles. The predicted octanol–water partition coefficient (Wildman–Crippen LogP) is 4.57. The lowest BCUT2D eigenvalue weighted by Gasteiger charge is -2.30. The average Bonchev–Trinajstić information content (AvgIpc) is 3.50. The zero-order valence-electron chi connectivity index (χ0n) is 16.3. The van der Waals surface area contributed by atoms with Crippen LogP contribution in [0.5, 0.6) is 0 Å². The van der Waals surface area contributed by atoms with Gasteiger partial charge in [-0.1, -0.05) is 25.0 Å². The summed E-state index contributed by atoms with van der Waals surface area (Å²) in [5.41, 5.74) is 3.48. The summed E-state index contributed by atoms with van der Waals surface area (Å²) in [7, 11) is 0. The zero-order valence-corrected chi connectivity index (χ0v) is 17.1. The highest BCUT2D eigenvalue weighted by Crippen LogP contribution is 2.42. The average molecular weight is 404 g/mol. The third-order valence-corrected chi connectivity index (χ3v) is 6.46. The molecule has 29 heavy (non-hydrogen) atoms. The number of nitrogens with zero attached hydrogens (tertiary/aromatic N) is 4. The van der Waals surface area contributed by atoms with Crippen molar-refractivity contribution in [3.05, 3.63) is 84.2 Å². The molecule has 1 aliphatic carbocycles. The van der Waals surface area contributed by atoms with E-state index < -0.39 is 0 Å². The molecule has 6 heteroatoms. The van der Waals surface area contributed by atoms with Crippen molar-refractivity contribution in [2.24, 2.45) is 0 Å². The largest absolute Gasteiger partial charge is 0.352 e. The normalized spacial score (nSPS) is 22.2. The lowest BCUT2D eigenvalue weighted by molar-refractivity contribution is 0.290. The van der Waals surface area contributed by atoms with E-state index in [0.717, 1.165) is 22.9 Å². The van der Waals surface area contributed by atoms with Gasteiger partial charge in [-0.25, -0.2) is 0 Å². The quantitative estimate of drug-likeness (QED) is 0.633. The first kappa shape index (κ1) is 18.3. The minimum atomic E-state index is 0.0235. The molecule has 2 atom stereocenters. The predicted molar refractivity (Wildman–Crippen MR) is 117 cm³/mol. The van der Waals surface area contributed by atoms with Crippen molar-refractivity contribution in [1.82, 2.24) is 24.8 Å². The van der Waals surface area contributed by atoms with Crippen molar-refractivity contribution in [1.29, 1.82) is 0 Å². The molecule has 1 N–H and O–H groups in total. The van der Waals surface area contributed by atoms with Crippen LogP contribution in [0.15, 0.2) is 67.3 Å². The van der Waals surface area contributed by atoms with Gasteiger partial charge in [0.15, 0.2) is 5.11 Å². The second-order valence-electron chi connectivity index (χ2n) is 7.89. The number of aromatic nitrogens is 3. The summed E-state index contributed by atoms with van der Waals surface area (Å²) in [6.45, 7) is 0.726. The third-order valence-electron chi connectivity index (χ3n) is 6.11. The maximum absolute atomic E-state index is 5.80. The molecule has 2 aliphatic rings. The van der Waals surface area contributed by atoms with Gasteiger partial charge in [-0.05, 0) is 61.0 Å². The van der Waals surface area contributed by atoms with Crippen LogP contribution < -0.4 is 5.32 Å². The van der Waals surface area contributed by atoms with Crippen LogP contribution in [0.1, 0.15) is 60.8 Å². The van der Waals surface area contributed by atoms with Crippen LogP contribution in [0.25, 0.3) is 0 Å². The number of thiocarbonyl (C=S) groups is 1. The molecule has 5 rings (SSSR count). The molecule has 4 heterocycles. The van der Waals surface area contributed by atoms with Crippen LogP contribution in [0, 0.1) is 0 Å². The van der Waals surface area contributed by atoms with Gasteiger partial charge in [-0.2, -0.15) is 0 Å². The molecule has 3 aromatic rings. The second kappa shape index (κ2) is 7.95. The first-order valence-electron chi connectivity index (χ1n) is 10.3. The Kier molecular flexibility index (Phi) is 5.02. The molecule has 148 valence electrons. The van der Waals surface area contributed by atoms with E-state index in [4.69, 9.17) is 12.2 Å². The van der Waals surface area contributed by atoms with Gasteiger partial charge < -0.3 is 14.8 Å². The van der Waals surface area contributed by atoms with Crippen LogP contribution in [0.2, 0.25) is 0 Å². The Labute approximate surface area is 176 Å². The molecular formula is C23H25N5S. The van der Waals surface area contributed by atoms with Crippen LogP contribution in [0.4, 0.5) is 0 Å². The van der Waals surface area contributed by atoms with Gasteiger partial charge in [0, 0.05) is 43.1 Å². The van der Waals surface area contributed by atoms with Crippen LogP contribution >= 0.6 is 12.2 Å². The lowest BCUT2D eigenvalue weighted by Crippen LogP contribution is -2.30. The van der Waals surface area contributed by atoms with Crippen LogP contribution in [-0.4, -0.2) is 24.5 Å². The van der Waals surface area contributed by atoms with E-state index in [0.29, 0.717) is 6.04 Å². The first-order chi connectivity index (χ1) is 14.3. The van der Waals surface area contributed by atoms with Crippen LogP contribution in [-0.2, 0) is 6.54 Å². The van der Waals surface area contributed by atoms with Crippen molar-refractivity contribution in [3.63, 3.8) is 0 Å². The number of hydrogen-bond acceptors (Lipinski definition) is 3. The van der Waals surface area contributed by atoms with Gasteiger partial charge in [0.2, 0.25) is 0 Å². The van der Waals surface area contributed by atoms with Gasteiger partial charge in [-0.3, -0.25) is 9.97 Å². The third kappa shape index (κ3) is 3.53. The van der Waals surface area contributed by atoms with Crippen molar-refractivity contribution in [2.75, 3.05) is 0 Å². The van der Waals surface area contributed by atoms with Crippen LogP contribution in [0.3, 0.4) is 0 Å². The van der Waals surface area contributed by atoms with E-state index >= 15 is 0 Å². The van der Waals surface area contributed by atoms with Gasteiger partial charge in [-0.15, -0.1) is 0 Å². The fraction of sp³-hybridized carbons (Fsp3) is 0.348. The summed E-state index contributed by atoms with van der Waals surface area (Å²) >= 11 is 5.80. The molecule has 1 saturated heterocycles. The van der Waals surface area contributed by atoms with Gasteiger partial charge in [0.1, 0.15) is 0 Å². The molecule has 0 amide bonds. The Hall–Kier alpha value is -2.73. The molecule has 0 spiro atoms. The molecule has 2 fully saturated rings. The summed E-state index contributed by atoms with van der Waals surface area (Å²) < 4.78 is 2.49. The Morgan fingerprint density at radius 3 is 2.69 bits per heavy atom. The standard InChI is InChI=1S/C23H25N5S/c29-23-26-21(19-10-3-4-13-25-19)22(28(23)16-17-7-5-12-24-15-17)20-11-6-14-27(20)18-8-1-2-9-18/h3-7,10-15,18,21-22H,1-2,8-9,16H2,(H,26,29). The smallest absolute Gasteiger partial charge is 0.170 e. The monoisotopic (exact) mass is 403 g/mol.